The van der Waals surface area contributed by atoms with Crippen molar-refractivity contribution < 1.29 is 14.3 Å². The Hall–Kier alpha value is -0.640. The van der Waals surface area contributed by atoms with Crippen LogP contribution in [-0.2, 0) is 4.79 Å². The lowest BCUT2D eigenvalue weighted by Gasteiger charge is -2.33. The Kier molecular flexibility index (Phi) is 3.21. The van der Waals surface area contributed by atoms with Gasteiger partial charge in [0, 0.05) is 0 Å². The van der Waals surface area contributed by atoms with Crippen molar-refractivity contribution >= 4 is 5.97 Å². The maximum Gasteiger partial charge on any atom is 0.327 e. The van der Waals surface area contributed by atoms with E-state index in [1.54, 1.807) is 6.92 Å². The van der Waals surface area contributed by atoms with Crippen LogP contribution in [0.4, 0.5) is 4.39 Å². The summed E-state index contributed by atoms with van der Waals surface area (Å²) >= 11 is 0. The SMILES string of the molecule is CCCC(N)(C(=O)O)C(C)(C)F. The van der Waals surface area contributed by atoms with E-state index in [-0.39, 0.29) is 6.42 Å². The van der Waals surface area contributed by atoms with Crippen LogP contribution in [0.2, 0.25) is 0 Å². The number of carbonyl (C=O) groups is 1. The van der Waals surface area contributed by atoms with Crippen molar-refractivity contribution in [3.05, 3.63) is 0 Å². The van der Waals surface area contributed by atoms with Gasteiger partial charge in [-0.1, -0.05) is 13.3 Å². The van der Waals surface area contributed by atoms with Gasteiger partial charge in [0.05, 0.1) is 0 Å². The zero-order valence-corrected chi connectivity index (χ0v) is 7.72. The fourth-order valence-electron chi connectivity index (χ4n) is 1.05. The second-order valence-corrected chi connectivity index (χ2v) is 3.50. The standard InChI is InChI=1S/C8H16FNO2/c1-4-5-8(10,6(11)12)7(2,3)9/h4-5,10H2,1-3H3,(H,11,12). The zero-order valence-electron chi connectivity index (χ0n) is 7.72. The summed E-state index contributed by atoms with van der Waals surface area (Å²) in [5.74, 6) is -1.28. The van der Waals surface area contributed by atoms with Crippen molar-refractivity contribution in [2.45, 2.75) is 44.8 Å². The summed E-state index contributed by atoms with van der Waals surface area (Å²) in [7, 11) is 0. The molecule has 0 radical (unpaired) electrons. The van der Waals surface area contributed by atoms with Crippen molar-refractivity contribution in [2.24, 2.45) is 5.73 Å². The summed E-state index contributed by atoms with van der Waals surface area (Å²) in [6.45, 7) is 4.16. The normalized spacial score (nSPS) is 17.1. The first-order chi connectivity index (χ1) is 5.25. The van der Waals surface area contributed by atoms with Crippen LogP contribution in [0.3, 0.4) is 0 Å². The fourth-order valence-corrected chi connectivity index (χ4v) is 1.05. The molecule has 0 bridgehead atoms. The van der Waals surface area contributed by atoms with E-state index in [1.165, 1.54) is 13.8 Å². The molecule has 0 spiro atoms. The van der Waals surface area contributed by atoms with Gasteiger partial charge in [-0.2, -0.15) is 0 Å². The molecule has 0 fully saturated rings. The number of halogens is 1. The molecule has 0 aromatic carbocycles. The monoisotopic (exact) mass is 177 g/mol. The van der Waals surface area contributed by atoms with Crippen molar-refractivity contribution in [1.29, 1.82) is 0 Å². The van der Waals surface area contributed by atoms with Gasteiger partial charge in [0.15, 0.2) is 0 Å². The number of carboxylic acid groups (broad SMARTS) is 1. The van der Waals surface area contributed by atoms with Gasteiger partial charge < -0.3 is 10.8 Å². The Morgan fingerprint density at radius 1 is 1.58 bits per heavy atom. The lowest BCUT2D eigenvalue weighted by molar-refractivity contribution is -0.149. The maximum atomic E-state index is 13.4. The van der Waals surface area contributed by atoms with Gasteiger partial charge >= 0.3 is 5.97 Å². The topological polar surface area (TPSA) is 63.3 Å². The zero-order chi connectivity index (χ0) is 9.99. The van der Waals surface area contributed by atoms with E-state index in [0.717, 1.165) is 0 Å². The number of hydrogen-bond acceptors (Lipinski definition) is 2. The van der Waals surface area contributed by atoms with Crippen molar-refractivity contribution in [3.63, 3.8) is 0 Å². The molecule has 0 heterocycles. The Labute approximate surface area is 71.8 Å². The smallest absolute Gasteiger partial charge is 0.327 e. The highest BCUT2D eigenvalue weighted by Crippen LogP contribution is 2.28. The average Bonchev–Trinajstić information content (AvgIpc) is 1.85. The second-order valence-electron chi connectivity index (χ2n) is 3.50. The van der Waals surface area contributed by atoms with Crippen molar-refractivity contribution in [3.8, 4) is 0 Å². The van der Waals surface area contributed by atoms with Crippen LogP contribution in [0.25, 0.3) is 0 Å². The Morgan fingerprint density at radius 2 is 2.00 bits per heavy atom. The van der Waals surface area contributed by atoms with Gasteiger partial charge in [-0.25, -0.2) is 4.39 Å². The highest BCUT2D eigenvalue weighted by atomic mass is 19.1. The van der Waals surface area contributed by atoms with Gasteiger partial charge in [-0.05, 0) is 20.3 Å². The molecule has 72 valence electrons. The van der Waals surface area contributed by atoms with Crippen LogP contribution in [0.1, 0.15) is 33.6 Å². The first-order valence-electron chi connectivity index (χ1n) is 3.97. The lowest BCUT2D eigenvalue weighted by atomic mass is 9.81. The molecule has 0 aromatic heterocycles. The number of carboxylic acids is 1. The molecule has 0 aliphatic heterocycles. The quantitative estimate of drug-likeness (QED) is 0.680. The summed E-state index contributed by atoms with van der Waals surface area (Å²) in [6.07, 6.45) is 0.696. The molecule has 0 rings (SSSR count). The Morgan fingerprint density at radius 3 is 2.08 bits per heavy atom. The first-order valence-corrected chi connectivity index (χ1v) is 3.97. The van der Waals surface area contributed by atoms with Gasteiger partial charge in [-0.15, -0.1) is 0 Å². The summed E-state index contributed by atoms with van der Waals surface area (Å²) in [6, 6.07) is 0. The molecule has 0 saturated carbocycles. The molecule has 0 aromatic rings. The van der Waals surface area contributed by atoms with Crippen molar-refractivity contribution in [2.75, 3.05) is 0 Å². The summed E-state index contributed by atoms with van der Waals surface area (Å²) in [5, 5.41) is 8.73. The molecule has 0 aliphatic rings. The molecule has 3 nitrogen and oxygen atoms in total. The number of aliphatic carboxylic acids is 1. The number of alkyl halides is 1. The van der Waals surface area contributed by atoms with Crippen LogP contribution >= 0.6 is 0 Å². The average molecular weight is 177 g/mol. The molecular formula is C8H16FNO2. The fraction of sp³-hybridized carbons (Fsp3) is 0.875. The van der Waals surface area contributed by atoms with Crippen LogP contribution in [0.5, 0.6) is 0 Å². The third-order valence-corrected chi connectivity index (χ3v) is 2.09. The number of nitrogens with two attached hydrogens (primary N) is 1. The van der Waals surface area contributed by atoms with Gasteiger partial charge in [-0.3, -0.25) is 4.79 Å². The van der Waals surface area contributed by atoms with Crippen molar-refractivity contribution in [1.82, 2.24) is 0 Å². The first kappa shape index (κ1) is 11.4. The van der Waals surface area contributed by atoms with Crippen LogP contribution in [0, 0.1) is 0 Å². The van der Waals surface area contributed by atoms with E-state index in [2.05, 4.69) is 0 Å². The molecular weight excluding hydrogens is 161 g/mol. The highest BCUT2D eigenvalue weighted by molar-refractivity contribution is 5.80. The van der Waals surface area contributed by atoms with Gasteiger partial charge in [0.2, 0.25) is 0 Å². The van der Waals surface area contributed by atoms with Crippen LogP contribution < -0.4 is 5.73 Å². The number of rotatable bonds is 4. The Balaban J connectivity index is 4.75. The lowest BCUT2D eigenvalue weighted by Crippen LogP contribution is -2.60. The third kappa shape index (κ3) is 1.94. The van der Waals surface area contributed by atoms with E-state index in [9.17, 15) is 9.18 Å². The summed E-state index contributed by atoms with van der Waals surface area (Å²) in [4.78, 5) is 10.7. The molecule has 1 unspecified atom stereocenters. The van der Waals surface area contributed by atoms with E-state index in [1.807, 2.05) is 0 Å². The molecule has 0 saturated heterocycles. The predicted molar refractivity (Wildman–Crippen MR) is 44.6 cm³/mol. The van der Waals surface area contributed by atoms with Gasteiger partial charge in [0.25, 0.3) is 0 Å². The van der Waals surface area contributed by atoms with Crippen LogP contribution in [-0.4, -0.2) is 22.3 Å². The largest absolute Gasteiger partial charge is 0.480 e. The predicted octanol–water partition coefficient (Wildman–Crippen LogP) is 1.32. The molecule has 12 heavy (non-hydrogen) atoms. The minimum Gasteiger partial charge on any atom is -0.480 e. The van der Waals surface area contributed by atoms with Gasteiger partial charge in [0.1, 0.15) is 11.2 Å². The third-order valence-electron chi connectivity index (χ3n) is 2.09. The van der Waals surface area contributed by atoms with E-state index in [4.69, 9.17) is 10.8 Å². The molecule has 0 aliphatic carbocycles. The van der Waals surface area contributed by atoms with E-state index < -0.39 is 17.2 Å². The van der Waals surface area contributed by atoms with E-state index in [0.29, 0.717) is 6.42 Å². The summed E-state index contributed by atoms with van der Waals surface area (Å²) < 4.78 is 13.4. The highest BCUT2D eigenvalue weighted by Gasteiger charge is 2.48. The number of hydrogen-bond donors (Lipinski definition) is 2. The minimum absolute atomic E-state index is 0.145. The maximum absolute atomic E-state index is 13.4. The second kappa shape index (κ2) is 3.39. The Bertz CT molecular complexity index is 176. The molecule has 1 atom stereocenters. The molecule has 3 N–H and O–H groups in total. The minimum atomic E-state index is -1.89. The molecule has 0 amide bonds. The summed E-state index contributed by atoms with van der Waals surface area (Å²) in [5.41, 5.74) is 1.80. The molecule has 4 heteroatoms. The van der Waals surface area contributed by atoms with E-state index >= 15 is 0 Å². The van der Waals surface area contributed by atoms with Crippen LogP contribution in [0.15, 0.2) is 0 Å².